The average molecular weight is 433 g/mol. The van der Waals surface area contributed by atoms with Gasteiger partial charge >= 0.3 is 5.97 Å². The van der Waals surface area contributed by atoms with Crippen LogP contribution in [0.25, 0.3) is 11.1 Å². The fraction of sp³-hybridized carbons (Fsp3) is 0.0952. The third-order valence-corrected chi connectivity index (χ3v) is 5.54. The van der Waals surface area contributed by atoms with E-state index in [2.05, 4.69) is 4.72 Å². The standard InChI is InChI=1S/C21H17F2NO5S/c1-2-29-21(26)14-5-10-20(25)19(11-14)24-30(27,28)16-7-3-13(4-8-16)17-9-6-15(22)12-18(17)23/h3-12,24-25H,2H2,1H3. The van der Waals surface area contributed by atoms with Crippen LogP contribution in [-0.2, 0) is 14.8 Å². The first-order chi connectivity index (χ1) is 14.2. The van der Waals surface area contributed by atoms with Gasteiger partial charge in [0.1, 0.15) is 17.4 Å². The number of sulfonamides is 1. The Bertz CT molecular complexity index is 1190. The van der Waals surface area contributed by atoms with Gasteiger partial charge < -0.3 is 9.84 Å². The summed E-state index contributed by atoms with van der Waals surface area (Å²) in [7, 11) is -4.12. The van der Waals surface area contributed by atoms with E-state index in [1.807, 2.05) is 0 Å². The molecule has 0 aliphatic rings. The van der Waals surface area contributed by atoms with Crippen molar-refractivity contribution >= 4 is 21.7 Å². The number of ether oxygens (including phenoxy) is 1. The van der Waals surface area contributed by atoms with E-state index in [4.69, 9.17) is 4.74 Å². The minimum atomic E-state index is -4.12. The van der Waals surface area contributed by atoms with Crippen LogP contribution in [0.4, 0.5) is 14.5 Å². The van der Waals surface area contributed by atoms with Gasteiger partial charge in [-0.3, -0.25) is 4.72 Å². The second-order valence-corrected chi connectivity index (χ2v) is 7.89. The third-order valence-electron chi connectivity index (χ3n) is 4.16. The van der Waals surface area contributed by atoms with Gasteiger partial charge in [-0.1, -0.05) is 12.1 Å². The van der Waals surface area contributed by atoms with Gasteiger partial charge in [0.05, 0.1) is 22.8 Å². The van der Waals surface area contributed by atoms with Gasteiger partial charge in [-0.05, 0) is 55.0 Å². The number of carbonyl (C=O) groups excluding carboxylic acids is 1. The maximum absolute atomic E-state index is 13.9. The summed E-state index contributed by atoms with van der Waals surface area (Å²) in [6.07, 6.45) is 0. The molecule has 0 atom stereocenters. The molecule has 0 saturated heterocycles. The number of rotatable bonds is 6. The highest BCUT2D eigenvalue weighted by Gasteiger charge is 2.18. The maximum atomic E-state index is 13.9. The number of phenols is 1. The number of hydrogen-bond acceptors (Lipinski definition) is 5. The Morgan fingerprint density at radius 1 is 1.03 bits per heavy atom. The number of aromatic hydroxyl groups is 1. The Morgan fingerprint density at radius 2 is 1.73 bits per heavy atom. The second kappa shape index (κ2) is 8.50. The summed E-state index contributed by atoms with van der Waals surface area (Å²) in [4.78, 5) is 11.7. The molecule has 0 aliphatic carbocycles. The molecule has 0 fully saturated rings. The lowest BCUT2D eigenvalue weighted by Gasteiger charge is -2.12. The first kappa shape index (κ1) is 21.3. The van der Waals surface area contributed by atoms with Crippen LogP contribution in [0.2, 0.25) is 0 Å². The quantitative estimate of drug-likeness (QED) is 0.446. The number of hydrogen-bond donors (Lipinski definition) is 2. The average Bonchev–Trinajstić information content (AvgIpc) is 2.70. The summed E-state index contributed by atoms with van der Waals surface area (Å²) in [5.41, 5.74) is 0.343. The molecular weight excluding hydrogens is 416 g/mol. The van der Waals surface area contributed by atoms with Crippen LogP contribution in [-0.4, -0.2) is 26.1 Å². The zero-order valence-electron chi connectivity index (χ0n) is 15.7. The number of anilines is 1. The van der Waals surface area contributed by atoms with E-state index in [0.29, 0.717) is 5.56 Å². The van der Waals surface area contributed by atoms with Gasteiger partial charge in [0.15, 0.2) is 0 Å². The summed E-state index contributed by atoms with van der Waals surface area (Å²) in [5, 5.41) is 9.95. The van der Waals surface area contributed by atoms with Crippen LogP contribution in [0.5, 0.6) is 5.75 Å². The van der Waals surface area contributed by atoms with Crippen LogP contribution in [0, 0.1) is 11.6 Å². The zero-order valence-corrected chi connectivity index (χ0v) is 16.5. The molecule has 0 bridgehead atoms. The molecule has 9 heteroatoms. The van der Waals surface area contributed by atoms with Crippen molar-refractivity contribution in [1.29, 1.82) is 0 Å². The number of phenolic OH excluding ortho intramolecular Hbond substituents is 1. The molecule has 3 aromatic carbocycles. The van der Waals surface area contributed by atoms with E-state index < -0.39 is 27.6 Å². The van der Waals surface area contributed by atoms with E-state index in [9.17, 15) is 27.1 Å². The minimum Gasteiger partial charge on any atom is -0.506 e. The second-order valence-electron chi connectivity index (χ2n) is 6.21. The predicted molar refractivity (Wildman–Crippen MR) is 107 cm³/mol. The molecule has 0 unspecified atom stereocenters. The Hall–Kier alpha value is -3.46. The molecule has 0 amide bonds. The molecule has 0 aromatic heterocycles. The molecule has 156 valence electrons. The van der Waals surface area contributed by atoms with Crippen molar-refractivity contribution in [3.05, 3.63) is 77.9 Å². The van der Waals surface area contributed by atoms with Crippen LogP contribution in [0.3, 0.4) is 0 Å². The van der Waals surface area contributed by atoms with Crippen LogP contribution < -0.4 is 4.72 Å². The molecule has 2 N–H and O–H groups in total. The van der Waals surface area contributed by atoms with Crippen molar-refractivity contribution in [3.8, 4) is 16.9 Å². The minimum absolute atomic E-state index is 0.0643. The molecule has 0 radical (unpaired) electrons. The monoisotopic (exact) mass is 433 g/mol. The highest BCUT2D eigenvalue weighted by molar-refractivity contribution is 7.92. The van der Waals surface area contributed by atoms with Crippen LogP contribution in [0.15, 0.2) is 65.6 Å². The Morgan fingerprint density at radius 3 is 2.37 bits per heavy atom. The van der Waals surface area contributed by atoms with Crippen molar-refractivity contribution in [2.24, 2.45) is 0 Å². The van der Waals surface area contributed by atoms with E-state index >= 15 is 0 Å². The Labute approximate surface area is 171 Å². The largest absolute Gasteiger partial charge is 0.506 e. The van der Waals surface area contributed by atoms with Crippen molar-refractivity contribution in [2.75, 3.05) is 11.3 Å². The SMILES string of the molecule is CCOC(=O)c1ccc(O)c(NS(=O)(=O)c2ccc(-c3ccc(F)cc3F)cc2)c1. The van der Waals surface area contributed by atoms with Crippen LogP contribution >= 0.6 is 0 Å². The van der Waals surface area contributed by atoms with Gasteiger partial charge in [0, 0.05) is 11.6 Å². The van der Waals surface area contributed by atoms with E-state index in [-0.39, 0.29) is 34.1 Å². The summed E-state index contributed by atoms with van der Waals surface area (Å²) in [6.45, 7) is 1.77. The molecular formula is C21H17F2NO5S. The molecule has 30 heavy (non-hydrogen) atoms. The number of benzene rings is 3. The van der Waals surface area contributed by atoms with Gasteiger partial charge in [-0.25, -0.2) is 22.0 Å². The fourth-order valence-corrected chi connectivity index (χ4v) is 3.77. The van der Waals surface area contributed by atoms with Crippen molar-refractivity contribution in [1.82, 2.24) is 0 Å². The Balaban J connectivity index is 1.87. The van der Waals surface area contributed by atoms with E-state index in [0.717, 1.165) is 18.2 Å². The fourth-order valence-electron chi connectivity index (χ4n) is 2.70. The third kappa shape index (κ3) is 4.57. The first-order valence-corrected chi connectivity index (χ1v) is 10.3. The lowest BCUT2D eigenvalue weighted by molar-refractivity contribution is 0.0526. The number of carbonyl (C=O) groups is 1. The highest BCUT2D eigenvalue weighted by Crippen LogP contribution is 2.29. The summed E-state index contributed by atoms with van der Waals surface area (Å²) in [6, 6.07) is 12.0. The summed E-state index contributed by atoms with van der Waals surface area (Å²) >= 11 is 0. The molecule has 0 saturated carbocycles. The van der Waals surface area contributed by atoms with Gasteiger partial charge in [0.2, 0.25) is 0 Å². The van der Waals surface area contributed by atoms with E-state index in [1.165, 1.54) is 42.5 Å². The lowest BCUT2D eigenvalue weighted by atomic mass is 10.1. The topological polar surface area (TPSA) is 92.7 Å². The molecule has 0 heterocycles. The molecule has 3 aromatic rings. The predicted octanol–water partition coefficient (Wildman–Crippen LogP) is 4.31. The number of halogens is 2. The van der Waals surface area contributed by atoms with Gasteiger partial charge in [-0.2, -0.15) is 0 Å². The van der Waals surface area contributed by atoms with Gasteiger partial charge in [0.25, 0.3) is 10.0 Å². The van der Waals surface area contributed by atoms with Crippen molar-refractivity contribution in [2.45, 2.75) is 11.8 Å². The number of esters is 1. The van der Waals surface area contributed by atoms with Crippen LogP contribution in [0.1, 0.15) is 17.3 Å². The van der Waals surface area contributed by atoms with Crippen molar-refractivity contribution < 1.29 is 31.8 Å². The normalized spacial score (nSPS) is 11.2. The maximum Gasteiger partial charge on any atom is 0.338 e. The molecule has 6 nitrogen and oxygen atoms in total. The van der Waals surface area contributed by atoms with Crippen molar-refractivity contribution in [3.63, 3.8) is 0 Å². The molecule has 0 spiro atoms. The Kier molecular flexibility index (Phi) is 6.02. The number of nitrogens with one attached hydrogen (secondary N) is 1. The summed E-state index contributed by atoms with van der Waals surface area (Å²) < 4.78 is 59.4. The van der Waals surface area contributed by atoms with Gasteiger partial charge in [-0.15, -0.1) is 0 Å². The van der Waals surface area contributed by atoms with E-state index in [1.54, 1.807) is 6.92 Å². The summed E-state index contributed by atoms with van der Waals surface area (Å²) in [5.74, 6) is -2.53. The molecule has 3 rings (SSSR count). The lowest BCUT2D eigenvalue weighted by Crippen LogP contribution is -2.14. The highest BCUT2D eigenvalue weighted by atomic mass is 32.2. The first-order valence-electron chi connectivity index (χ1n) is 8.79. The molecule has 0 aliphatic heterocycles. The smallest absolute Gasteiger partial charge is 0.338 e. The zero-order chi connectivity index (χ0) is 21.9.